The molecule has 0 amide bonds. The van der Waals surface area contributed by atoms with E-state index < -0.39 is 0 Å². The first-order valence-electron chi connectivity index (χ1n) is 12.7. The van der Waals surface area contributed by atoms with Gasteiger partial charge in [0.05, 0.1) is 0 Å². The number of halogens is 1. The van der Waals surface area contributed by atoms with Crippen molar-refractivity contribution in [3.05, 3.63) is 107 Å². The minimum absolute atomic E-state index is 0.0934. The molecule has 0 radical (unpaired) electrons. The molecule has 1 aliphatic rings. The Labute approximate surface area is 199 Å². The van der Waals surface area contributed by atoms with Crippen molar-refractivity contribution in [1.29, 1.82) is 0 Å². The molecule has 1 heteroatoms. The van der Waals surface area contributed by atoms with Crippen LogP contribution in [0.4, 0.5) is 4.39 Å². The molecule has 0 bridgehead atoms. The second kappa shape index (κ2) is 11.5. The molecule has 0 N–H and O–H groups in total. The van der Waals surface area contributed by atoms with Crippen LogP contribution in [0.3, 0.4) is 0 Å². The fourth-order valence-corrected chi connectivity index (χ4v) is 5.43. The van der Waals surface area contributed by atoms with Crippen LogP contribution in [0, 0.1) is 11.7 Å². The molecule has 0 saturated heterocycles. The van der Waals surface area contributed by atoms with E-state index in [4.69, 9.17) is 0 Å². The summed E-state index contributed by atoms with van der Waals surface area (Å²) >= 11 is 0. The van der Waals surface area contributed by atoms with Crippen LogP contribution < -0.4 is 0 Å². The number of aryl methyl sites for hydroxylation is 1. The van der Waals surface area contributed by atoms with E-state index in [-0.39, 0.29) is 5.82 Å². The van der Waals surface area contributed by atoms with Crippen LogP contribution in [0.15, 0.2) is 84.9 Å². The van der Waals surface area contributed by atoms with Crippen molar-refractivity contribution in [3.63, 3.8) is 0 Å². The lowest BCUT2D eigenvalue weighted by Gasteiger charge is -2.30. The van der Waals surface area contributed by atoms with Gasteiger partial charge in [-0.15, -0.1) is 0 Å². The quantitative estimate of drug-likeness (QED) is 0.306. The molecular formula is C32H37F. The third-order valence-corrected chi connectivity index (χ3v) is 7.49. The Morgan fingerprint density at radius 1 is 0.879 bits per heavy atom. The van der Waals surface area contributed by atoms with Gasteiger partial charge in [0.15, 0.2) is 0 Å². The summed E-state index contributed by atoms with van der Waals surface area (Å²) in [5.74, 6) is 2.05. The van der Waals surface area contributed by atoms with Gasteiger partial charge in [0, 0.05) is 0 Å². The molecular weight excluding hydrogens is 403 g/mol. The van der Waals surface area contributed by atoms with Crippen LogP contribution in [-0.2, 0) is 6.42 Å². The molecule has 3 aromatic carbocycles. The van der Waals surface area contributed by atoms with E-state index in [2.05, 4.69) is 73.7 Å². The second-order valence-electron chi connectivity index (χ2n) is 9.80. The van der Waals surface area contributed by atoms with Crippen molar-refractivity contribution in [2.24, 2.45) is 5.92 Å². The second-order valence-corrected chi connectivity index (χ2v) is 9.80. The summed E-state index contributed by atoms with van der Waals surface area (Å²) in [6.07, 6.45) is 12.2. The predicted molar refractivity (Wildman–Crippen MR) is 139 cm³/mol. The summed E-state index contributed by atoms with van der Waals surface area (Å²) in [7, 11) is 0. The molecule has 0 unspecified atom stereocenters. The normalized spacial score (nSPS) is 19.6. The van der Waals surface area contributed by atoms with Crippen LogP contribution >= 0.6 is 0 Å². The summed E-state index contributed by atoms with van der Waals surface area (Å²) in [5.41, 5.74) is 5.77. The highest BCUT2D eigenvalue weighted by atomic mass is 19.1. The first-order valence-corrected chi connectivity index (χ1v) is 12.7. The monoisotopic (exact) mass is 440 g/mol. The maximum Gasteiger partial charge on any atom is 0.127 e. The summed E-state index contributed by atoms with van der Waals surface area (Å²) < 4.78 is 14.5. The van der Waals surface area contributed by atoms with Crippen LogP contribution in [0.25, 0.3) is 11.1 Å². The van der Waals surface area contributed by atoms with Gasteiger partial charge in [-0.1, -0.05) is 85.8 Å². The first-order chi connectivity index (χ1) is 16.1. The Morgan fingerprint density at radius 3 is 2.24 bits per heavy atom. The Kier molecular flexibility index (Phi) is 8.15. The van der Waals surface area contributed by atoms with E-state index >= 15 is 0 Å². The first kappa shape index (κ1) is 23.5. The van der Waals surface area contributed by atoms with E-state index in [1.807, 2.05) is 19.1 Å². The Morgan fingerprint density at radius 2 is 1.58 bits per heavy atom. The molecule has 1 aliphatic carbocycles. The van der Waals surface area contributed by atoms with Gasteiger partial charge in [0.1, 0.15) is 5.82 Å². The van der Waals surface area contributed by atoms with Crippen molar-refractivity contribution in [2.45, 2.75) is 70.6 Å². The number of hydrogen-bond donors (Lipinski definition) is 0. The van der Waals surface area contributed by atoms with E-state index in [1.54, 1.807) is 6.07 Å². The number of hydrogen-bond acceptors (Lipinski definition) is 0. The van der Waals surface area contributed by atoms with Gasteiger partial charge in [-0.05, 0) is 104 Å². The van der Waals surface area contributed by atoms with Gasteiger partial charge in [-0.3, -0.25) is 0 Å². The highest BCUT2D eigenvalue weighted by Gasteiger charge is 2.24. The van der Waals surface area contributed by atoms with Crippen molar-refractivity contribution < 1.29 is 4.39 Å². The van der Waals surface area contributed by atoms with Gasteiger partial charge in [-0.25, -0.2) is 4.39 Å². The van der Waals surface area contributed by atoms with Gasteiger partial charge < -0.3 is 0 Å². The average Bonchev–Trinajstić information content (AvgIpc) is 2.86. The maximum absolute atomic E-state index is 14.5. The third kappa shape index (κ3) is 6.22. The largest absolute Gasteiger partial charge is 0.207 e. The summed E-state index contributed by atoms with van der Waals surface area (Å²) in [6, 6.07) is 25.5. The molecule has 0 nitrogen and oxygen atoms in total. The van der Waals surface area contributed by atoms with E-state index in [1.165, 1.54) is 43.2 Å². The van der Waals surface area contributed by atoms with Crippen molar-refractivity contribution in [3.8, 4) is 11.1 Å². The molecule has 33 heavy (non-hydrogen) atoms. The van der Waals surface area contributed by atoms with Crippen molar-refractivity contribution in [2.75, 3.05) is 0 Å². The number of allylic oxidation sites excluding steroid dienone is 2. The predicted octanol–water partition coefficient (Wildman–Crippen LogP) is 9.47. The van der Waals surface area contributed by atoms with Gasteiger partial charge in [-0.2, -0.15) is 0 Å². The minimum atomic E-state index is -0.0934. The number of rotatable bonds is 8. The molecule has 0 spiro atoms. The summed E-state index contributed by atoms with van der Waals surface area (Å²) in [4.78, 5) is 0. The Balaban J connectivity index is 1.32. The lowest BCUT2D eigenvalue weighted by Crippen LogP contribution is -2.15. The smallest absolute Gasteiger partial charge is 0.127 e. The van der Waals surface area contributed by atoms with Crippen LogP contribution in [0.1, 0.15) is 80.9 Å². The van der Waals surface area contributed by atoms with Gasteiger partial charge in [0.2, 0.25) is 0 Å². The molecule has 4 rings (SSSR count). The highest BCUT2D eigenvalue weighted by molar-refractivity contribution is 5.64. The molecule has 0 aromatic heterocycles. The molecule has 1 atom stereocenters. The summed E-state index contributed by atoms with van der Waals surface area (Å²) in [6.45, 7) is 4.37. The lowest BCUT2D eigenvalue weighted by atomic mass is 9.75. The maximum atomic E-state index is 14.5. The van der Waals surface area contributed by atoms with Crippen molar-refractivity contribution in [1.82, 2.24) is 0 Å². The van der Waals surface area contributed by atoms with E-state index in [0.29, 0.717) is 11.8 Å². The molecule has 172 valence electrons. The molecule has 1 saturated carbocycles. The number of benzene rings is 3. The molecule has 0 heterocycles. The van der Waals surface area contributed by atoms with E-state index in [0.717, 1.165) is 35.4 Å². The van der Waals surface area contributed by atoms with Crippen LogP contribution in [0.5, 0.6) is 0 Å². The molecule has 1 fully saturated rings. The van der Waals surface area contributed by atoms with Crippen LogP contribution in [-0.4, -0.2) is 0 Å². The average molecular weight is 441 g/mol. The molecule has 3 aromatic rings. The summed E-state index contributed by atoms with van der Waals surface area (Å²) in [5, 5.41) is 0. The minimum Gasteiger partial charge on any atom is -0.207 e. The van der Waals surface area contributed by atoms with E-state index in [9.17, 15) is 4.39 Å². The van der Waals surface area contributed by atoms with Gasteiger partial charge >= 0.3 is 0 Å². The standard InChI is InChI=1S/C32H37F/c1-3-4-6-11-30-20-21-31(23-32(30)33)29-18-16-28(17-19-29)27-14-12-25(13-15-27)22-24(2)26-9-7-5-8-10-26/h3-5,7-10,16-21,23-25,27H,6,11-15,22H2,1-2H3/b4-3+/t24-,25?,27?/m0/s1. The highest BCUT2D eigenvalue weighted by Crippen LogP contribution is 2.40. The zero-order valence-electron chi connectivity index (χ0n) is 20.1. The lowest BCUT2D eigenvalue weighted by molar-refractivity contribution is 0.297. The topological polar surface area (TPSA) is 0 Å². The third-order valence-electron chi connectivity index (χ3n) is 7.49. The SMILES string of the molecule is C/C=C/CCc1ccc(-c2ccc(C3CCC(C[C@H](C)c4ccccc4)CC3)cc2)cc1F. The van der Waals surface area contributed by atoms with Crippen molar-refractivity contribution >= 4 is 0 Å². The van der Waals surface area contributed by atoms with Crippen LogP contribution in [0.2, 0.25) is 0 Å². The molecule has 0 aliphatic heterocycles. The fraction of sp³-hybridized carbons (Fsp3) is 0.375. The zero-order valence-corrected chi connectivity index (χ0v) is 20.1. The Hall–Kier alpha value is -2.67. The van der Waals surface area contributed by atoms with Gasteiger partial charge in [0.25, 0.3) is 0 Å². The Bertz CT molecular complexity index is 1020. The zero-order chi connectivity index (χ0) is 23.0. The fourth-order valence-electron chi connectivity index (χ4n) is 5.43.